The molecule has 0 aliphatic heterocycles. The van der Waals surface area contributed by atoms with E-state index in [2.05, 4.69) is 20.8 Å². The van der Waals surface area contributed by atoms with Crippen LogP contribution in [-0.2, 0) is 28.6 Å². The molecular formula is C63H122O6. The maximum Gasteiger partial charge on any atom is 0.306 e. The highest BCUT2D eigenvalue weighted by Crippen LogP contribution is 2.19. The highest BCUT2D eigenvalue weighted by molar-refractivity contribution is 5.71. The molecule has 6 heteroatoms. The van der Waals surface area contributed by atoms with Crippen molar-refractivity contribution in [3.05, 3.63) is 0 Å². The van der Waals surface area contributed by atoms with E-state index in [-0.39, 0.29) is 31.1 Å². The fourth-order valence-corrected chi connectivity index (χ4v) is 9.86. The summed E-state index contributed by atoms with van der Waals surface area (Å²) < 4.78 is 16.8. The highest BCUT2D eigenvalue weighted by atomic mass is 16.6. The number of ether oxygens (including phenoxy) is 3. The lowest BCUT2D eigenvalue weighted by Gasteiger charge is -2.18. The average Bonchev–Trinajstić information content (AvgIpc) is 3.35. The molecule has 0 saturated carbocycles. The van der Waals surface area contributed by atoms with Gasteiger partial charge in [-0.25, -0.2) is 0 Å². The van der Waals surface area contributed by atoms with Gasteiger partial charge < -0.3 is 14.2 Å². The molecule has 0 aromatic heterocycles. The van der Waals surface area contributed by atoms with Crippen LogP contribution in [0.4, 0.5) is 0 Å². The Bertz CT molecular complexity index is 1030. The monoisotopic (exact) mass is 975 g/mol. The zero-order chi connectivity index (χ0) is 50.0. The van der Waals surface area contributed by atoms with Crippen molar-refractivity contribution in [3.63, 3.8) is 0 Å². The lowest BCUT2D eigenvalue weighted by molar-refractivity contribution is -0.167. The molecule has 0 aliphatic rings. The summed E-state index contributed by atoms with van der Waals surface area (Å²) in [6.45, 7) is 6.66. The summed E-state index contributed by atoms with van der Waals surface area (Å²) in [5.41, 5.74) is 0. The summed E-state index contributed by atoms with van der Waals surface area (Å²) in [6, 6.07) is 0. The van der Waals surface area contributed by atoms with Crippen LogP contribution in [-0.4, -0.2) is 37.2 Å². The standard InChI is InChI=1S/C63H122O6/c1-4-7-10-13-16-19-20-21-22-23-24-25-26-27-28-29-30-31-32-33-34-35-36-37-38-39-40-41-42-45-47-50-53-56-62(65)68-59-60(69-63(66)57-54-51-48-44-18-15-12-9-6-3)58-67-61(64)55-52-49-46-43-17-14-11-8-5-2/h60H,4-59H2,1-3H3. The van der Waals surface area contributed by atoms with Crippen molar-refractivity contribution in [2.24, 2.45) is 0 Å². The van der Waals surface area contributed by atoms with Crippen LogP contribution in [0.1, 0.15) is 367 Å². The number of unbranched alkanes of at least 4 members (excludes halogenated alkanes) is 48. The third-order valence-corrected chi connectivity index (χ3v) is 14.6. The molecule has 6 nitrogen and oxygen atoms in total. The summed E-state index contributed by atoms with van der Waals surface area (Å²) in [5.74, 6) is -0.844. The van der Waals surface area contributed by atoms with Crippen LogP contribution in [0.3, 0.4) is 0 Å². The van der Waals surface area contributed by atoms with E-state index in [9.17, 15) is 14.4 Å². The van der Waals surface area contributed by atoms with Crippen molar-refractivity contribution >= 4 is 17.9 Å². The SMILES string of the molecule is CCCCCCCCCCCCCCCCCCCCCCCCCCCCCCCCCCCC(=O)OCC(COC(=O)CCCCCCCCCCC)OC(=O)CCCCCCCCCCC. The van der Waals surface area contributed by atoms with Gasteiger partial charge in [0.2, 0.25) is 0 Å². The minimum absolute atomic E-state index is 0.0622. The normalized spacial score (nSPS) is 11.9. The van der Waals surface area contributed by atoms with Gasteiger partial charge in [0, 0.05) is 19.3 Å². The van der Waals surface area contributed by atoms with Gasteiger partial charge in [-0.2, -0.15) is 0 Å². The van der Waals surface area contributed by atoms with Crippen LogP contribution in [0, 0.1) is 0 Å². The summed E-state index contributed by atoms with van der Waals surface area (Å²) in [4.78, 5) is 37.9. The van der Waals surface area contributed by atoms with Crippen molar-refractivity contribution in [3.8, 4) is 0 Å². The summed E-state index contributed by atoms with van der Waals surface area (Å²) >= 11 is 0. The second-order valence-electron chi connectivity index (χ2n) is 21.7. The fourth-order valence-electron chi connectivity index (χ4n) is 9.86. The molecule has 0 aromatic rings. The number of esters is 3. The molecule has 0 aliphatic carbocycles. The maximum atomic E-state index is 12.7. The van der Waals surface area contributed by atoms with Gasteiger partial charge in [-0.05, 0) is 19.3 Å². The Morgan fingerprint density at radius 2 is 0.391 bits per heavy atom. The fraction of sp³-hybridized carbons (Fsp3) is 0.952. The zero-order valence-corrected chi connectivity index (χ0v) is 47.1. The Morgan fingerprint density at radius 3 is 0.580 bits per heavy atom. The number of hydrogen-bond acceptors (Lipinski definition) is 6. The van der Waals surface area contributed by atoms with Gasteiger partial charge in [0.05, 0.1) is 0 Å². The van der Waals surface area contributed by atoms with E-state index in [0.717, 1.165) is 57.8 Å². The molecule has 0 radical (unpaired) electrons. The molecule has 0 rings (SSSR count). The minimum atomic E-state index is -0.759. The van der Waals surface area contributed by atoms with E-state index in [4.69, 9.17) is 14.2 Å². The molecule has 410 valence electrons. The zero-order valence-electron chi connectivity index (χ0n) is 47.1. The first kappa shape index (κ1) is 67.4. The van der Waals surface area contributed by atoms with Gasteiger partial charge in [0.25, 0.3) is 0 Å². The van der Waals surface area contributed by atoms with E-state index >= 15 is 0 Å². The lowest BCUT2D eigenvalue weighted by Crippen LogP contribution is -2.30. The first-order valence-electron chi connectivity index (χ1n) is 31.5. The minimum Gasteiger partial charge on any atom is -0.462 e. The van der Waals surface area contributed by atoms with Gasteiger partial charge in [-0.15, -0.1) is 0 Å². The van der Waals surface area contributed by atoms with Crippen molar-refractivity contribution in [1.29, 1.82) is 0 Å². The topological polar surface area (TPSA) is 78.9 Å². The van der Waals surface area contributed by atoms with Gasteiger partial charge in [0.1, 0.15) is 13.2 Å². The van der Waals surface area contributed by atoms with E-state index in [0.29, 0.717) is 19.3 Å². The molecule has 0 spiro atoms. The molecule has 0 aromatic carbocycles. The molecule has 69 heavy (non-hydrogen) atoms. The Balaban J connectivity index is 3.85. The molecule has 0 saturated heterocycles. The van der Waals surface area contributed by atoms with Crippen LogP contribution in [0.2, 0.25) is 0 Å². The van der Waals surface area contributed by atoms with Gasteiger partial charge in [0.15, 0.2) is 6.10 Å². The van der Waals surface area contributed by atoms with Crippen molar-refractivity contribution in [2.45, 2.75) is 374 Å². The van der Waals surface area contributed by atoms with Gasteiger partial charge in [-0.1, -0.05) is 329 Å². The molecule has 0 heterocycles. The smallest absolute Gasteiger partial charge is 0.306 e. The Morgan fingerprint density at radius 1 is 0.232 bits per heavy atom. The molecule has 0 amide bonds. The molecule has 0 bridgehead atoms. The molecular weight excluding hydrogens is 853 g/mol. The lowest BCUT2D eigenvalue weighted by atomic mass is 10.0. The second-order valence-corrected chi connectivity index (χ2v) is 21.7. The van der Waals surface area contributed by atoms with Crippen LogP contribution < -0.4 is 0 Å². The number of carbonyl (C=O) groups is 3. The van der Waals surface area contributed by atoms with Crippen molar-refractivity contribution in [2.75, 3.05) is 13.2 Å². The first-order valence-corrected chi connectivity index (χ1v) is 31.5. The second kappa shape index (κ2) is 59.0. The van der Waals surface area contributed by atoms with Crippen LogP contribution in [0.25, 0.3) is 0 Å². The first-order chi connectivity index (χ1) is 34.0. The molecule has 1 unspecified atom stereocenters. The maximum absolute atomic E-state index is 12.7. The van der Waals surface area contributed by atoms with E-state index in [1.165, 1.54) is 270 Å². The third kappa shape index (κ3) is 57.2. The molecule has 1 atom stereocenters. The van der Waals surface area contributed by atoms with Crippen molar-refractivity contribution < 1.29 is 28.6 Å². The number of carbonyl (C=O) groups excluding carboxylic acids is 3. The quantitative estimate of drug-likeness (QED) is 0.0343. The summed E-state index contributed by atoms with van der Waals surface area (Å²) in [5, 5.41) is 0. The summed E-state index contributed by atoms with van der Waals surface area (Å²) in [7, 11) is 0. The molecule has 0 N–H and O–H groups in total. The largest absolute Gasteiger partial charge is 0.462 e. The average molecular weight is 976 g/mol. The molecule has 0 fully saturated rings. The van der Waals surface area contributed by atoms with E-state index in [1.54, 1.807) is 0 Å². The van der Waals surface area contributed by atoms with Crippen molar-refractivity contribution in [1.82, 2.24) is 0 Å². The Hall–Kier alpha value is -1.59. The Labute approximate surface area is 431 Å². The predicted molar refractivity (Wildman–Crippen MR) is 298 cm³/mol. The van der Waals surface area contributed by atoms with Crippen LogP contribution in [0.15, 0.2) is 0 Å². The Kier molecular flexibility index (Phi) is 57.6. The van der Waals surface area contributed by atoms with E-state index in [1.807, 2.05) is 0 Å². The van der Waals surface area contributed by atoms with Gasteiger partial charge in [-0.3, -0.25) is 14.4 Å². The number of rotatable bonds is 59. The third-order valence-electron chi connectivity index (χ3n) is 14.6. The van der Waals surface area contributed by atoms with E-state index < -0.39 is 6.10 Å². The van der Waals surface area contributed by atoms with Crippen LogP contribution >= 0.6 is 0 Å². The van der Waals surface area contributed by atoms with Gasteiger partial charge >= 0.3 is 17.9 Å². The predicted octanol–water partition coefficient (Wildman–Crippen LogP) is 21.1. The summed E-state index contributed by atoms with van der Waals surface area (Å²) in [6.07, 6.45) is 67.4. The highest BCUT2D eigenvalue weighted by Gasteiger charge is 2.19. The van der Waals surface area contributed by atoms with Crippen LogP contribution in [0.5, 0.6) is 0 Å². The number of hydrogen-bond donors (Lipinski definition) is 0.